The summed E-state index contributed by atoms with van der Waals surface area (Å²) in [6.45, 7) is 2.81. The molecule has 0 aromatic carbocycles. The van der Waals surface area contributed by atoms with E-state index in [0.717, 1.165) is 19.3 Å². The van der Waals surface area contributed by atoms with Crippen LogP contribution in [0.1, 0.15) is 31.7 Å². The van der Waals surface area contributed by atoms with Gasteiger partial charge >= 0.3 is 0 Å². The molecule has 1 rings (SSSR count). The summed E-state index contributed by atoms with van der Waals surface area (Å²) in [6, 6.07) is 1.54. The van der Waals surface area contributed by atoms with Crippen LogP contribution in [0.15, 0.2) is 17.3 Å². The second kappa shape index (κ2) is 7.53. The van der Waals surface area contributed by atoms with Gasteiger partial charge in [-0.2, -0.15) is 4.39 Å². The second-order valence-electron chi connectivity index (χ2n) is 3.84. The maximum Gasteiger partial charge on any atom is 0.255 e. The van der Waals surface area contributed by atoms with Gasteiger partial charge in [-0.3, -0.25) is 10.4 Å². The van der Waals surface area contributed by atoms with Crippen molar-refractivity contribution in [1.29, 1.82) is 5.41 Å². The first-order valence-electron chi connectivity index (χ1n) is 5.98. The third-order valence-electron chi connectivity index (χ3n) is 2.47. The zero-order valence-corrected chi connectivity index (χ0v) is 10.7. The zero-order chi connectivity index (χ0) is 13.4. The highest BCUT2D eigenvalue weighted by molar-refractivity contribution is 6.37. The highest BCUT2D eigenvalue weighted by atomic mass is 19.1. The highest BCUT2D eigenvalue weighted by Gasteiger charge is 2.12. The minimum Gasteiger partial charge on any atom is -0.491 e. The smallest absolute Gasteiger partial charge is 0.255 e. The molecule has 0 amide bonds. The molecule has 0 fully saturated rings. The molecular weight excluding hydrogens is 233 g/mol. The molecule has 1 aromatic heterocycles. The molecule has 0 saturated heterocycles. The summed E-state index contributed by atoms with van der Waals surface area (Å²) in [5, 5.41) is 7.83. The van der Waals surface area contributed by atoms with Gasteiger partial charge in [-0.25, -0.2) is 4.98 Å². The van der Waals surface area contributed by atoms with Crippen molar-refractivity contribution in [2.45, 2.75) is 26.2 Å². The van der Waals surface area contributed by atoms with Crippen LogP contribution in [0.25, 0.3) is 0 Å². The number of hydrogen-bond donors (Lipinski definition) is 1. The lowest BCUT2D eigenvalue weighted by Crippen LogP contribution is -2.06. The maximum absolute atomic E-state index is 13.3. The number of nitrogens with one attached hydrogen (secondary N) is 1. The van der Waals surface area contributed by atoms with Crippen molar-refractivity contribution in [3.05, 3.63) is 23.8 Å². The molecular formula is C13H18FN3O. The predicted molar refractivity (Wildman–Crippen MR) is 70.5 cm³/mol. The molecule has 1 aromatic rings. The van der Waals surface area contributed by atoms with Crippen molar-refractivity contribution in [1.82, 2.24) is 4.98 Å². The summed E-state index contributed by atoms with van der Waals surface area (Å²) in [5.41, 5.74) is 0.494. The van der Waals surface area contributed by atoms with Gasteiger partial charge in [-0.05, 0) is 12.5 Å². The minimum absolute atomic E-state index is 0.0116. The van der Waals surface area contributed by atoms with Gasteiger partial charge < -0.3 is 4.74 Å². The average Bonchev–Trinajstić information content (AvgIpc) is 2.38. The van der Waals surface area contributed by atoms with Gasteiger partial charge in [0, 0.05) is 24.5 Å². The van der Waals surface area contributed by atoms with Crippen LogP contribution in [0.2, 0.25) is 0 Å². The highest BCUT2D eigenvalue weighted by Crippen LogP contribution is 2.20. The average molecular weight is 251 g/mol. The number of ether oxygens (including phenoxy) is 1. The first-order valence-corrected chi connectivity index (χ1v) is 5.98. The Morgan fingerprint density at radius 1 is 1.56 bits per heavy atom. The van der Waals surface area contributed by atoms with Crippen LogP contribution in [-0.4, -0.2) is 30.6 Å². The minimum atomic E-state index is -0.709. The Hall–Kier alpha value is -1.78. The van der Waals surface area contributed by atoms with E-state index in [1.807, 2.05) is 0 Å². The van der Waals surface area contributed by atoms with Crippen LogP contribution >= 0.6 is 0 Å². The fourth-order valence-corrected chi connectivity index (χ4v) is 1.51. The molecule has 4 nitrogen and oxygen atoms in total. The molecule has 0 aliphatic rings. The quantitative estimate of drug-likeness (QED) is 0.460. The Morgan fingerprint density at radius 3 is 3.00 bits per heavy atom. The molecule has 0 bridgehead atoms. The van der Waals surface area contributed by atoms with Crippen molar-refractivity contribution in [2.24, 2.45) is 4.99 Å². The Morgan fingerprint density at radius 2 is 2.33 bits per heavy atom. The molecule has 0 radical (unpaired) electrons. The molecule has 0 unspecified atom stereocenters. The molecule has 0 spiro atoms. The maximum atomic E-state index is 13.3. The molecule has 0 saturated carbocycles. The fourth-order valence-electron chi connectivity index (χ4n) is 1.51. The van der Waals surface area contributed by atoms with Gasteiger partial charge in [-0.15, -0.1) is 0 Å². The van der Waals surface area contributed by atoms with Gasteiger partial charge in [0.05, 0.1) is 12.8 Å². The van der Waals surface area contributed by atoms with Crippen LogP contribution in [-0.2, 0) is 0 Å². The van der Waals surface area contributed by atoms with E-state index in [4.69, 9.17) is 10.1 Å². The molecule has 0 aliphatic heterocycles. The first kappa shape index (κ1) is 14.3. The number of aliphatic imine (C=N–C) groups is 1. The third kappa shape index (κ3) is 3.91. The number of methoxy groups -OCH3 is 1. The number of rotatable bonds is 7. The zero-order valence-electron chi connectivity index (χ0n) is 10.7. The summed E-state index contributed by atoms with van der Waals surface area (Å²) >= 11 is 0. The van der Waals surface area contributed by atoms with Crippen molar-refractivity contribution in [3.8, 4) is 5.75 Å². The Balaban J connectivity index is 2.69. The predicted octanol–water partition coefficient (Wildman–Crippen LogP) is 2.86. The third-order valence-corrected chi connectivity index (χ3v) is 2.47. The number of nitrogens with zero attached hydrogens (tertiary/aromatic N) is 2. The molecule has 0 atom stereocenters. The lowest BCUT2D eigenvalue weighted by Gasteiger charge is -2.06. The van der Waals surface area contributed by atoms with E-state index in [-0.39, 0.29) is 11.5 Å². The van der Waals surface area contributed by atoms with Crippen LogP contribution < -0.4 is 4.74 Å². The van der Waals surface area contributed by atoms with E-state index in [1.54, 1.807) is 6.07 Å². The second-order valence-corrected chi connectivity index (χ2v) is 3.84. The van der Waals surface area contributed by atoms with Gasteiger partial charge in [0.2, 0.25) is 0 Å². The van der Waals surface area contributed by atoms with Crippen molar-refractivity contribution in [3.63, 3.8) is 0 Å². The molecule has 98 valence electrons. The summed E-state index contributed by atoms with van der Waals surface area (Å²) in [6.07, 6.45) is 6.01. The topological polar surface area (TPSA) is 58.3 Å². The fraction of sp³-hybridized carbons (Fsp3) is 0.462. The molecule has 5 heteroatoms. The lowest BCUT2D eigenvalue weighted by atomic mass is 10.1. The number of pyridine rings is 1. The van der Waals surface area contributed by atoms with Gasteiger partial charge in [0.1, 0.15) is 0 Å². The summed E-state index contributed by atoms with van der Waals surface area (Å²) in [7, 11) is 1.36. The molecule has 1 heterocycles. The summed E-state index contributed by atoms with van der Waals surface area (Å²) in [4.78, 5) is 7.62. The normalized spacial score (nSPS) is 10.8. The van der Waals surface area contributed by atoms with E-state index in [0.29, 0.717) is 12.1 Å². The van der Waals surface area contributed by atoms with E-state index >= 15 is 0 Å². The Kier molecular flexibility index (Phi) is 5.97. The first-order chi connectivity index (χ1) is 8.70. The van der Waals surface area contributed by atoms with E-state index in [9.17, 15) is 4.39 Å². The van der Waals surface area contributed by atoms with Crippen LogP contribution in [0, 0.1) is 11.4 Å². The molecule has 18 heavy (non-hydrogen) atoms. The van der Waals surface area contributed by atoms with Crippen LogP contribution in [0.4, 0.5) is 4.39 Å². The molecule has 1 N–H and O–H groups in total. The number of halogens is 1. The van der Waals surface area contributed by atoms with Crippen molar-refractivity contribution in [2.75, 3.05) is 13.7 Å². The van der Waals surface area contributed by atoms with Crippen LogP contribution in [0.5, 0.6) is 5.75 Å². The van der Waals surface area contributed by atoms with Gasteiger partial charge in [0.25, 0.3) is 5.95 Å². The largest absolute Gasteiger partial charge is 0.491 e. The van der Waals surface area contributed by atoms with Crippen molar-refractivity contribution < 1.29 is 9.13 Å². The standard InChI is InChI=1S/C13H18FN3O/c1-3-4-5-7-16-9-11(15)10-6-8-17-13(14)12(10)18-2/h6,8-9,15H,3-5,7H2,1-2H3. The Labute approximate surface area is 106 Å². The molecule has 0 aliphatic carbocycles. The van der Waals surface area contributed by atoms with Crippen molar-refractivity contribution >= 4 is 11.9 Å². The van der Waals surface area contributed by atoms with E-state index < -0.39 is 5.95 Å². The number of aromatic nitrogens is 1. The Bertz CT molecular complexity index is 432. The lowest BCUT2D eigenvalue weighted by molar-refractivity contribution is 0.377. The number of unbranched alkanes of at least 4 members (excludes halogenated alkanes) is 2. The van der Waals surface area contributed by atoms with E-state index in [2.05, 4.69) is 16.9 Å². The monoisotopic (exact) mass is 251 g/mol. The summed E-state index contributed by atoms with van der Waals surface area (Å²) in [5.74, 6) is -0.721. The SMILES string of the molecule is CCCCCN=CC(=N)c1ccnc(F)c1OC. The summed E-state index contributed by atoms with van der Waals surface area (Å²) < 4.78 is 18.2. The van der Waals surface area contributed by atoms with Crippen LogP contribution in [0.3, 0.4) is 0 Å². The number of hydrogen-bond acceptors (Lipinski definition) is 4. The van der Waals surface area contributed by atoms with E-state index in [1.165, 1.54) is 19.5 Å². The van der Waals surface area contributed by atoms with Gasteiger partial charge in [-0.1, -0.05) is 19.8 Å². The van der Waals surface area contributed by atoms with Gasteiger partial charge in [0.15, 0.2) is 5.75 Å².